The van der Waals surface area contributed by atoms with Crippen LogP contribution in [0.1, 0.15) is 47.7 Å². The third kappa shape index (κ3) is 11.0. The van der Waals surface area contributed by atoms with Crippen LogP contribution in [0.2, 0.25) is 0 Å². The molecule has 2 aromatic rings. The maximum Gasteiger partial charge on any atom is 0.337 e. The molecule has 0 aliphatic heterocycles. The minimum atomic E-state index is -0.885. The Morgan fingerprint density at radius 3 is 2.36 bits per heavy atom. The third-order valence-corrected chi connectivity index (χ3v) is 5.82. The maximum absolute atomic E-state index is 13.2. The van der Waals surface area contributed by atoms with Gasteiger partial charge in [0.05, 0.1) is 12.7 Å². The van der Waals surface area contributed by atoms with Crippen LogP contribution in [0, 0.1) is 0 Å². The van der Waals surface area contributed by atoms with Crippen molar-refractivity contribution in [2.24, 2.45) is 5.73 Å². The van der Waals surface area contributed by atoms with Gasteiger partial charge in [-0.25, -0.2) is 4.79 Å². The van der Waals surface area contributed by atoms with E-state index in [2.05, 4.69) is 22.5 Å². The standard InChI is InChI=1S/C29H38N4O6/c1-4-16-39-24-13-11-21(12-14-24)18-26(32-20(2)34)28(36)33-25(10-5-6-15-30)27(35)31-19-22-8-7-9-23(17-22)29(37)38-3/h4,7-9,11-14,17,25-26H,1,5-6,10,15-16,18-19,30H2,2-3H3,(H,31,35)(H,32,34)(H,33,36)/t25-,26-/m0/s1. The van der Waals surface area contributed by atoms with Crippen LogP contribution < -0.4 is 26.4 Å². The monoisotopic (exact) mass is 538 g/mol. The molecule has 0 heterocycles. The highest BCUT2D eigenvalue weighted by atomic mass is 16.5. The van der Waals surface area contributed by atoms with Gasteiger partial charge in [0.15, 0.2) is 0 Å². The topological polar surface area (TPSA) is 149 Å². The number of amides is 3. The molecule has 3 amide bonds. The van der Waals surface area contributed by atoms with Crippen molar-refractivity contribution in [3.8, 4) is 5.75 Å². The first-order chi connectivity index (χ1) is 18.8. The number of rotatable bonds is 16. The second-order valence-corrected chi connectivity index (χ2v) is 8.96. The lowest BCUT2D eigenvalue weighted by Crippen LogP contribution is -2.54. The molecule has 210 valence electrons. The van der Waals surface area contributed by atoms with E-state index in [0.717, 1.165) is 5.56 Å². The Bertz CT molecular complexity index is 1120. The van der Waals surface area contributed by atoms with Crippen LogP contribution in [0.4, 0.5) is 0 Å². The molecule has 10 heteroatoms. The number of carbonyl (C=O) groups is 4. The van der Waals surface area contributed by atoms with Gasteiger partial charge >= 0.3 is 5.97 Å². The predicted molar refractivity (Wildman–Crippen MR) is 148 cm³/mol. The molecule has 5 N–H and O–H groups in total. The van der Waals surface area contributed by atoms with E-state index in [-0.39, 0.29) is 24.8 Å². The van der Waals surface area contributed by atoms with Crippen molar-refractivity contribution < 1.29 is 28.7 Å². The van der Waals surface area contributed by atoms with Gasteiger partial charge in [-0.2, -0.15) is 0 Å². The van der Waals surface area contributed by atoms with E-state index in [4.69, 9.17) is 15.2 Å². The lowest BCUT2D eigenvalue weighted by molar-refractivity contribution is -0.131. The average Bonchev–Trinajstić information content (AvgIpc) is 2.94. The number of benzene rings is 2. The first-order valence-corrected chi connectivity index (χ1v) is 12.8. The van der Waals surface area contributed by atoms with Crippen molar-refractivity contribution in [1.82, 2.24) is 16.0 Å². The van der Waals surface area contributed by atoms with Gasteiger partial charge in [-0.15, -0.1) is 0 Å². The molecule has 0 spiro atoms. The fourth-order valence-electron chi connectivity index (χ4n) is 3.84. The molecule has 2 aromatic carbocycles. The van der Waals surface area contributed by atoms with Crippen molar-refractivity contribution in [2.45, 2.75) is 51.2 Å². The number of ether oxygens (including phenoxy) is 2. The highest BCUT2D eigenvalue weighted by Gasteiger charge is 2.26. The van der Waals surface area contributed by atoms with Crippen molar-refractivity contribution >= 4 is 23.7 Å². The normalized spacial score (nSPS) is 12.0. The highest BCUT2D eigenvalue weighted by Crippen LogP contribution is 2.14. The van der Waals surface area contributed by atoms with E-state index in [0.29, 0.717) is 49.3 Å². The first kappa shape index (κ1) is 31.0. The van der Waals surface area contributed by atoms with Gasteiger partial charge in [-0.05, 0) is 61.2 Å². The molecule has 2 rings (SSSR count). The van der Waals surface area contributed by atoms with Crippen LogP contribution in [0.25, 0.3) is 0 Å². The molecule has 0 fully saturated rings. The quantitative estimate of drug-likeness (QED) is 0.145. The van der Waals surface area contributed by atoms with E-state index >= 15 is 0 Å². The number of hydrogen-bond acceptors (Lipinski definition) is 7. The molecule has 0 unspecified atom stereocenters. The summed E-state index contributed by atoms with van der Waals surface area (Å²) in [6.45, 7) is 5.94. The minimum absolute atomic E-state index is 0.155. The second kappa shape index (κ2) is 16.6. The highest BCUT2D eigenvalue weighted by molar-refractivity contribution is 5.92. The summed E-state index contributed by atoms with van der Waals surface area (Å²) in [5.41, 5.74) is 7.50. The molecule has 0 saturated heterocycles. The predicted octanol–water partition coefficient (Wildman–Crippen LogP) is 2.02. The van der Waals surface area contributed by atoms with E-state index < -0.39 is 24.0 Å². The van der Waals surface area contributed by atoms with Gasteiger partial charge in [-0.3, -0.25) is 14.4 Å². The molecule has 0 aromatic heterocycles. The summed E-state index contributed by atoms with van der Waals surface area (Å²) in [4.78, 5) is 50.0. The zero-order chi connectivity index (χ0) is 28.6. The van der Waals surface area contributed by atoms with Crippen LogP contribution in [-0.4, -0.2) is 56.0 Å². The second-order valence-electron chi connectivity index (χ2n) is 8.96. The zero-order valence-corrected chi connectivity index (χ0v) is 22.5. The van der Waals surface area contributed by atoms with E-state index in [1.807, 2.05) is 12.1 Å². The van der Waals surface area contributed by atoms with Crippen LogP contribution >= 0.6 is 0 Å². The Hall–Kier alpha value is -4.18. The summed E-state index contributed by atoms with van der Waals surface area (Å²) < 4.78 is 10.2. The summed E-state index contributed by atoms with van der Waals surface area (Å²) in [7, 11) is 1.30. The Labute approximate surface area is 229 Å². The van der Waals surface area contributed by atoms with Crippen molar-refractivity contribution in [3.63, 3.8) is 0 Å². The summed E-state index contributed by atoms with van der Waals surface area (Å²) in [6, 6.07) is 12.2. The van der Waals surface area contributed by atoms with Crippen LogP contribution in [0.3, 0.4) is 0 Å². The van der Waals surface area contributed by atoms with Gasteiger partial charge in [0.25, 0.3) is 0 Å². The van der Waals surface area contributed by atoms with Gasteiger partial charge < -0.3 is 31.2 Å². The van der Waals surface area contributed by atoms with Gasteiger partial charge in [0.2, 0.25) is 17.7 Å². The van der Waals surface area contributed by atoms with E-state index in [9.17, 15) is 19.2 Å². The zero-order valence-electron chi connectivity index (χ0n) is 22.5. The summed E-state index contributed by atoms with van der Waals surface area (Å²) >= 11 is 0. The van der Waals surface area contributed by atoms with Crippen LogP contribution in [-0.2, 0) is 32.1 Å². The van der Waals surface area contributed by atoms with Crippen molar-refractivity contribution in [1.29, 1.82) is 0 Å². The van der Waals surface area contributed by atoms with E-state index in [1.54, 1.807) is 42.5 Å². The molecule has 10 nitrogen and oxygen atoms in total. The molecule has 0 bridgehead atoms. The van der Waals surface area contributed by atoms with Crippen LogP contribution in [0.15, 0.2) is 61.2 Å². The van der Waals surface area contributed by atoms with Gasteiger partial charge in [-0.1, -0.05) is 36.9 Å². The van der Waals surface area contributed by atoms with Crippen molar-refractivity contribution in [3.05, 3.63) is 77.9 Å². The Balaban J connectivity index is 2.10. The number of nitrogens with two attached hydrogens (primary N) is 1. The smallest absolute Gasteiger partial charge is 0.337 e. The number of esters is 1. The lowest BCUT2D eigenvalue weighted by Gasteiger charge is -2.23. The number of methoxy groups -OCH3 is 1. The fourth-order valence-corrected chi connectivity index (χ4v) is 3.84. The first-order valence-electron chi connectivity index (χ1n) is 12.8. The van der Waals surface area contributed by atoms with E-state index in [1.165, 1.54) is 14.0 Å². The Morgan fingerprint density at radius 1 is 0.974 bits per heavy atom. The van der Waals surface area contributed by atoms with Crippen molar-refractivity contribution in [2.75, 3.05) is 20.3 Å². The number of hydrogen-bond donors (Lipinski definition) is 4. The molecular weight excluding hydrogens is 500 g/mol. The largest absolute Gasteiger partial charge is 0.490 e. The molecule has 2 atom stereocenters. The summed E-state index contributed by atoms with van der Waals surface area (Å²) in [5.74, 6) is -1.03. The molecule has 0 saturated carbocycles. The van der Waals surface area contributed by atoms with Gasteiger partial charge in [0, 0.05) is 19.9 Å². The SMILES string of the molecule is C=CCOc1ccc(C[C@H](NC(C)=O)C(=O)N[C@@H](CCCCN)C(=O)NCc2cccc(C(=O)OC)c2)cc1. The number of nitrogens with one attached hydrogen (secondary N) is 3. The lowest BCUT2D eigenvalue weighted by atomic mass is 10.0. The molecular formula is C29H38N4O6. The molecule has 0 aliphatic rings. The maximum atomic E-state index is 13.2. The molecule has 0 radical (unpaired) electrons. The summed E-state index contributed by atoms with van der Waals surface area (Å²) in [6.07, 6.45) is 3.56. The number of carbonyl (C=O) groups excluding carboxylic acids is 4. The summed E-state index contributed by atoms with van der Waals surface area (Å²) in [5, 5.41) is 8.30. The Kier molecular flexibility index (Phi) is 13.2. The fraction of sp³-hybridized carbons (Fsp3) is 0.379. The molecule has 39 heavy (non-hydrogen) atoms. The third-order valence-electron chi connectivity index (χ3n) is 5.82. The number of unbranched alkanes of at least 4 members (excludes halogenated alkanes) is 1. The van der Waals surface area contributed by atoms with Crippen LogP contribution in [0.5, 0.6) is 5.75 Å². The minimum Gasteiger partial charge on any atom is -0.490 e. The average molecular weight is 539 g/mol. The van der Waals surface area contributed by atoms with Gasteiger partial charge in [0.1, 0.15) is 24.4 Å². The molecule has 0 aliphatic carbocycles. The Morgan fingerprint density at radius 2 is 1.72 bits per heavy atom.